The summed E-state index contributed by atoms with van der Waals surface area (Å²) in [6.45, 7) is 10.1. The van der Waals surface area contributed by atoms with Crippen LogP contribution in [-0.4, -0.2) is 43.7 Å². The highest BCUT2D eigenvalue weighted by molar-refractivity contribution is 5.78. The monoisotopic (exact) mass is 322 g/mol. The van der Waals surface area contributed by atoms with Gasteiger partial charge < -0.3 is 14.8 Å². The number of rotatable bonds is 9. The number of hydrogen-bond acceptors (Lipinski definition) is 4. The molecular formula is C18H30N2O3. The lowest BCUT2D eigenvalue weighted by Crippen LogP contribution is -2.47. The number of benzene rings is 1. The molecule has 0 saturated carbocycles. The summed E-state index contributed by atoms with van der Waals surface area (Å²) in [5, 5.41) is 3.07. The zero-order valence-corrected chi connectivity index (χ0v) is 15.2. The van der Waals surface area contributed by atoms with Crippen LogP contribution in [0.15, 0.2) is 18.2 Å². The third-order valence-corrected chi connectivity index (χ3v) is 4.03. The zero-order valence-electron chi connectivity index (χ0n) is 15.2. The van der Waals surface area contributed by atoms with Crippen LogP contribution < -0.4 is 14.8 Å². The van der Waals surface area contributed by atoms with Gasteiger partial charge in [0, 0.05) is 12.1 Å². The van der Waals surface area contributed by atoms with Gasteiger partial charge in [-0.05, 0) is 44.5 Å². The van der Waals surface area contributed by atoms with Crippen LogP contribution >= 0.6 is 0 Å². The quantitative estimate of drug-likeness (QED) is 0.759. The largest absolute Gasteiger partial charge is 0.493 e. The van der Waals surface area contributed by atoms with Crippen molar-refractivity contribution in [3.8, 4) is 11.5 Å². The Labute approximate surface area is 140 Å². The number of hydrogen-bond donors (Lipinski definition) is 1. The number of carbonyl (C=O) groups is 1. The molecule has 0 aromatic heterocycles. The minimum Gasteiger partial charge on any atom is -0.493 e. The molecule has 0 unspecified atom stereocenters. The number of methoxy groups -OCH3 is 2. The summed E-state index contributed by atoms with van der Waals surface area (Å²) < 4.78 is 10.6. The minimum absolute atomic E-state index is 0.0548. The molecular weight excluding hydrogens is 292 g/mol. The van der Waals surface area contributed by atoms with E-state index in [2.05, 4.69) is 24.1 Å². The molecule has 0 spiro atoms. The van der Waals surface area contributed by atoms with E-state index in [1.54, 1.807) is 14.2 Å². The number of nitrogens with zero attached hydrogens (tertiary/aromatic N) is 1. The van der Waals surface area contributed by atoms with Crippen LogP contribution in [0.4, 0.5) is 0 Å². The highest BCUT2D eigenvalue weighted by atomic mass is 16.5. The average Bonchev–Trinajstić information content (AvgIpc) is 2.53. The molecule has 1 aromatic rings. The predicted molar refractivity (Wildman–Crippen MR) is 93.0 cm³/mol. The minimum atomic E-state index is -0.167. The van der Waals surface area contributed by atoms with E-state index in [0.29, 0.717) is 24.6 Å². The molecule has 0 atom stereocenters. The number of amides is 1. The summed E-state index contributed by atoms with van der Waals surface area (Å²) in [6, 6.07) is 5.84. The zero-order chi connectivity index (χ0) is 17.5. The highest BCUT2D eigenvalue weighted by Gasteiger charge is 2.19. The maximum atomic E-state index is 12.2. The van der Waals surface area contributed by atoms with Gasteiger partial charge in [0.15, 0.2) is 11.5 Å². The lowest BCUT2D eigenvalue weighted by Gasteiger charge is -2.27. The Hall–Kier alpha value is -1.75. The van der Waals surface area contributed by atoms with Gasteiger partial charge in [-0.15, -0.1) is 0 Å². The predicted octanol–water partition coefficient (Wildman–Crippen LogP) is 2.83. The Morgan fingerprint density at radius 3 is 2.35 bits per heavy atom. The Kier molecular flexibility index (Phi) is 7.36. The second-order valence-electron chi connectivity index (χ2n) is 6.28. The molecule has 23 heavy (non-hydrogen) atoms. The van der Waals surface area contributed by atoms with Crippen molar-refractivity contribution in [1.29, 1.82) is 0 Å². The molecule has 5 nitrogen and oxygen atoms in total. The van der Waals surface area contributed by atoms with E-state index >= 15 is 0 Å². The standard InChI is InChI=1S/C18H30N2O3/c1-7-18(3,4)19-17(21)13-20(8-2)12-14-9-10-15(22-5)16(11-14)23-6/h9-11H,7-8,12-13H2,1-6H3,(H,19,21). The van der Waals surface area contributed by atoms with Crippen molar-refractivity contribution in [2.45, 2.75) is 46.2 Å². The Balaban J connectivity index is 2.71. The SMILES string of the molecule is CCN(CC(=O)NC(C)(C)CC)Cc1ccc(OC)c(OC)c1. The van der Waals surface area contributed by atoms with Crippen LogP contribution in [0.1, 0.15) is 39.7 Å². The van der Waals surface area contributed by atoms with Gasteiger partial charge in [0.1, 0.15) is 0 Å². The molecule has 0 aliphatic heterocycles. The first-order valence-corrected chi connectivity index (χ1v) is 8.09. The maximum Gasteiger partial charge on any atom is 0.234 e. The van der Waals surface area contributed by atoms with Crippen LogP contribution in [0, 0.1) is 0 Å². The first-order valence-electron chi connectivity index (χ1n) is 8.09. The molecule has 0 fully saturated rings. The molecule has 0 saturated heterocycles. The van der Waals surface area contributed by atoms with E-state index in [9.17, 15) is 4.79 Å². The fourth-order valence-electron chi connectivity index (χ4n) is 2.23. The van der Waals surface area contributed by atoms with Crippen molar-refractivity contribution in [3.63, 3.8) is 0 Å². The topological polar surface area (TPSA) is 50.8 Å². The molecule has 1 rings (SSSR count). The van der Waals surface area contributed by atoms with Gasteiger partial charge in [-0.3, -0.25) is 9.69 Å². The fraction of sp³-hybridized carbons (Fsp3) is 0.611. The maximum absolute atomic E-state index is 12.2. The highest BCUT2D eigenvalue weighted by Crippen LogP contribution is 2.28. The second kappa shape index (κ2) is 8.77. The molecule has 0 aliphatic carbocycles. The normalized spacial score (nSPS) is 11.4. The van der Waals surface area contributed by atoms with Crippen molar-refractivity contribution in [2.24, 2.45) is 0 Å². The molecule has 0 bridgehead atoms. The smallest absolute Gasteiger partial charge is 0.234 e. The molecule has 0 aliphatic rings. The fourth-order valence-corrected chi connectivity index (χ4v) is 2.23. The van der Waals surface area contributed by atoms with Crippen LogP contribution in [0.5, 0.6) is 11.5 Å². The average molecular weight is 322 g/mol. The molecule has 0 heterocycles. The van der Waals surface area contributed by atoms with E-state index in [4.69, 9.17) is 9.47 Å². The van der Waals surface area contributed by atoms with Gasteiger partial charge in [-0.25, -0.2) is 0 Å². The van der Waals surface area contributed by atoms with E-state index < -0.39 is 0 Å². The van der Waals surface area contributed by atoms with Crippen LogP contribution in [0.3, 0.4) is 0 Å². The van der Waals surface area contributed by atoms with Gasteiger partial charge >= 0.3 is 0 Å². The Morgan fingerprint density at radius 2 is 1.83 bits per heavy atom. The Bertz CT molecular complexity index is 515. The van der Waals surface area contributed by atoms with Gasteiger partial charge in [0.25, 0.3) is 0 Å². The van der Waals surface area contributed by atoms with Crippen molar-refractivity contribution in [3.05, 3.63) is 23.8 Å². The number of nitrogens with one attached hydrogen (secondary N) is 1. The van der Waals surface area contributed by atoms with Crippen LogP contribution in [0.25, 0.3) is 0 Å². The van der Waals surface area contributed by atoms with E-state index in [1.165, 1.54) is 0 Å². The third-order valence-electron chi connectivity index (χ3n) is 4.03. The van der Waals surface area contributed by atoms with Crippen molar-refractivity contribution < 1.29 is 14.3 Å². The van der Waals surface area contributed by atoms with E-state index in [-0.39, 0.29) is 11.4 Å². The second-order valence-corrected chi connectivity index (χ2v) is 6.28. The molecule has 130 valence electrons. The summed E-state index contributed by atoms with van der Waals surface area (Å²) in [7, 11) is 3.25. The summed E-state index contributed by atoms with van der Waals surface area (Å²) in [5.41, 5.74) is 0.923. The van der Waals surface area contributed by atoms with Crippen LogP contribution in [-0.2, 0) is 11.3 Å². The lowest BCUT2D eigenvalue weighted by atomic mass is 10.0. The van der Waals surface area contributed by atoms with Crippen molar-refractivity contribution >= 4 is 5.91 Å². The first-order chi connectivity index (χ1) is 10.8. The number of ether oxygens (including phenoxy) is 2. The van der Waals surface area contributed by atoms with Gasteiger partial charge in [-0.1, -0.05) is 19.9 Å². The summed E-state index contributed by atoms with van der Waals surface area (Å²) >= 11 is 0. The van der Waals surface area contributed by atoms with Crippen molar-refractivity contribution in [1.82, 2.24) is 10.2 Å². The summed E-state index contributed by atoms with van der Waals surface area (Å²) in [6.07, 6.45) is 0.903. The van der Waals surface area contributed by atoms with E-state index in [0.717, 1.165) is 18.5 Å². The van der Waals surface area contributed by atoms with Gasteiger partial charge in [0.05, 0.1) is 20.8 Å². The van der Waals surface area contributed by atoms with Gasteiger partial charge in [0.2, 0.25) is 5.91 Å². The third kappa shape index (κ3) is 6.10. The molecule has 0 radical (unpaired) electrons. The number of carbonyl (C=O) groups excluding carboxylic acids is 1. The lowest BCUT2D eigenvalue weighted by molar-refractivity contribution is -0.124. The first kappa shape index (κ1) is 19.3. The summed E-state index contributed by atoms with van der Waals surface area (Å²) in [5.74, 6) is 1.47. The molecule has 1 aromatic carbocycles. The van der Waals surface area contributed by atoms with Gasteiger partial charge in [-0.2, -0.15) is 0 Å². The molecule has 1 N–H and O–H groups in total. The molecule has 1 amide bonds. The molecule has 5 heteroatoms. The van der Waals surface area contributed by atoms with E-state index in [1.807, 2.05) is 32.0 Å². The summed E-state index contributed by atoms with van der Waals surface area (Å²) in [4.78, 5) is 14.3. The van der Waals surface area contributed by atoms with Crippen molar-refractivity contribution in [2.75, 3.05) is 27.3 Å². The van der Waals surface area contributed by atoms with Crippen LogP contribution in [0.2, 0.25) is 0 Å². The number of likely N-dealkylation sites (N-methyl/N-ethyl adjacent to an activating group) is 1. The Morgan fingerprint density at radius 1 is 1.17 bits per heavy atom.